The van der Waals surface area contributed by atoms with Gasteiger partial charge in [-0.2, -0.15) is 0 Å². The second kappa shape index (κ2) is 8.73. The number of amides is 1. The minimum Gasteiger partial charge on any atom is -0.488 e. The summed E-state index contributed by atoms with van der Waals surface area (Å²) in [6.45, 7) is 3.74. The van der Waals surface area contributed by atoms with Crippen molar-refractivity contribution in [3.05, 3.63) is 22.2 Å². The van der Waals surface area contributed by atoms with E-state index >= 15 is 0 Å². The van der Waals surface area contributed by atoms with E-state index in [1.54, 1.807) is 19.2 Å². The number of hydrogen-bond acceptors (Lipinski definition) is 4. The molecule has 0 unspecified atom stereocenters. The van der Waals surface area contributed by atoms with Crippen molar-refractivity contribution in [3.8, 4) is 5.75 Å². The summed E-state index contributed by atoms with van der Waals surface area (Å²) >= 11 is 12.4. The zero-order valence-corrected chi connectivity index (χ0v) is 14.8. The molecule has 23 heavy (non-hydrogen) atoms. The molecule has 0 saturated carbocycles. The summed E-state index contributed by atoms with van der Waals surface area (Å²) in [5.74, 6) is 0.402. The molecule has 128 valence electrons. The minimum atomic E-state index is -0.00136. The molecule has 1 aromatic rings. The van der Waals surface area contributed by atoms with Crippen LogP contribution in [0.3, 0.4) is 0 Å². The molecule has 1 heterocycles. The number of methoxy groups -OCH3 is 1. The van der Waals surface area contributed by atoms with Gasteiger partial charge in [0.2, 0.25) is 5.91 Å². The van der Waals surface area contributed by atoms with Gasteiger partial charge >= 0.3 is 0 Å². The van der Waals surface area contributed by atoms with Crippen molar-refractivity contribution in [1.82, 2.24) is 5.32 Å². The van der Waals surface area contributed by atoms with E-state index in [0.29, 0.717) is 40.7 Å². The molecule has 1 amide bonds. The van der Waals surface area contributed by atoms with E-state index in [0.717, 1.165) is 19.4 Å². The van der Waals surface area contributed by atoms with Crippen LogP contribution in [0, 0.1) is 5.92 Å². The van der Waals surface area contributed by atoms with Gasteiger partial charge < -0.3 is 20.1 Å². The molecule has 1 aliphatic heterocycles. The summed E-state index contributed by atoms with van der Waals surface area (Å²) in [4.78, 5) is 12.4. The van der Waals surface area contributed by atoms with Crippen molar-refractivity contribution in [2.24, 2.45) is 5.92 Å². The Balaban J connectivity index is 2.01. The van der Waals surface area contributed by atoms with Gasteiger partial charge in [0.15, 0.2) is 5.75 Å². The van der Waals surface area contributed by atoms with Crippen LogP contribution in [0.2, 0.25) is 10.0 Å². The Hall–Kier alpha value is -1.01. The van der Waals surface area contributed by atoms with E-state index in [9.17, 15) is 4.79 Å². The predicted molar refractivity (Wildman–Crippen MR) is 92.7 cm³/mol. The van der Waals surface area contributed by atoms with E-state index in [2.05, 4.69) is 17.6 Å². The third-order valence-corrected chi connectivity index (χ3v) is 4.36. The number of nitrogens with one attached hydrogen (secondary N) is 2. The van der Waals surface area contributed by atoms with Gasteiger partial charge in [0.1, 0.15) is 6.61 Å². The molecule has 1 aliphatic rings. The van der Waals surface area contributed by atoms with Crippen LogP contribution in [0.1, 0.15) is 19.8 Å². The van der Waals surface area contributed by atoms with Gasteiger partial charge in [-0.15, -0.1) is 0 Å². The highest BCUT2D eigenvalue weighted by Crippen LogP contribution is 2.36. The first-order chi connectivity index (χ1) is 11.0. The first-order valence-corrected chi connectivity index (χ1v) is 8.42. The van der Waals surface area contributed by atoms with Gasteiger partial charge in [-0.3, -0.25) is 4.79 Å². The Kier molecular flexibility index (Phi) is 6.96. The average molecular weight is 361 g/mol. The molecule has 0 aromatic heterocycles. The Morgan fingerprint density at radius 3 is 2.65 bits per heavy atom. The minimum absolute atomic E-state index is 0.00132. The highest BCUT2D eigenvalue weighted by Gasteiger charge is 2.25. The van der Waals surface area contributed by atoms with Crippen molar-refractivity contribution in [2.75, 3.05) is 32.2 Å². The summed E-state index contributed by atoms with van der Waals surface area (Å²) in [5, 5.41) is 6.95. The monoisotopic (exact) mass is 360 g/mol. The molecule has 0 radical (unpaired) electrons. The number of anilines is 1. The number of ether oxygens (including phenoxy) is 2. The molecule has 1 fully saturated rings. The molecule has 1 aromatic carbocycles. The number of benzene rings is 1. The average Bonchev–Trinajstić information content (AvgIpc) is 2.50. The number of halogens is 2. The highest BCUT2D eigenvalue weighted by molar-refractivity contribution is 6.37. The third-order valence-electron chi connectivity index (χ3n) is 3.79. The third kappa shape index (κ3) is 5.24. The molecule has 2 atom stereocenters. The van der Waals surface area contributed by atoms with Gasteiger partial charge in [-0.25, -0.2) is 0 Å². The van der Waals surface area contributed by atoms with Crippen molar-refractivity contribution in [1.29, 1.82) is 0 Å². The van der Waals surface area contributed by atoms with Crippen LogP contribution < -0.4 is 15.4 Å². The van der Waals surface area contributed by atoms with Crippen molar-refractivity contribution in [3.63, 3.8) is 0 Å². The van der Waals surface area contributed by atoms with Crippen LogP contribution in [-0.4, -0.2) is 38.8 Å². The van der Waals surface area contributed by atoms with Crippen LogP contribution in [0.25, 0.3) is 0 Å². The Bertz CT molecular complexity index is 531. The van der Waals surface area contributed by atoms with E-state index in [1.165, 1.54) is 0 Å². The standard InChI is InChI=1S/C16H22Cl2N2O3/c1-10-7-11(3-4-19-10)16(21)20-12-8-13(17)15(14(18)9-12)23-6-5-22-2/h8-11,19H,3-7H2,1-2H3,(H,20,21)/t10-,11-/m0/s1. The maximum absolute atomic E-state index is 12.4. The van der Waals surface area contributed by atoms with Crippen LogP contribution in [-0.2, 0) is 9.53 Å². The van der Waals surface area contributed by atoms with Crippen LogP contribution in [0.5, 0.6) is 5.75 Å². The maximum atomic E-state index is 12.4. The molecule has 2 rings (SSSR count). The highest BCUT2D eigenvalue weighted by atomic mass is 35.5. The zero-order chi connectivity index (χ0) is 16.8. The lowest BCUT2D eigenvalue weighted by molar-refractivity contribution is -0.120. The maximum Gasteiger partial charge on any atom is 0.227 e. The Morgan fingerprint density at radius 2 is 2.04 bits per heavy atom. The quantitative estimate of drug-likeness (QED) is 0.763. The summed E-state index contributed by atoms with van der Waals surface area (Å²) < 4.78 is 10.4. The van der Waals surface area contributed by atoms with Crippen LogP contribution >= 0.6 is 23.2 Å². The summed E-state index contributed by atoms with van der Waals surface area (Å²) in [6.07, 6.45) is 1.65. The second-order valence-electron chi connectivity index (χ2n) is 5.68. The Morgan fingerprint density at radius 1 is 1.35 bits per heavy atom. The number of carbonyl (C=O) groups excluding carboxylic acids is 1. The molecule has 1 saturated heterocycles. The van der Waals surface area contributed by atoms with E-state index in [-0.39, 0.29) is 11.8 Å². The summed E-state index contributed by atoms with van der Waals surface area (Å²) in [7, 11) is 1.59. The normalized spacial score (nSPS) is 21.0. The lowest BCUT2D eigenvalue weighted by Crippen LogP contribution is -2.40. The fourth-order valence-electron chi connectivity index (χ4n) is 2.61. The molecule has 0 spiro atoms. The second-order valence-corrected chi connectivity index (χ2v) is 6.49. The molecule has 0 bridgehead atoms. The molecule has 7 heteroatoms. The summed E-state index contributed by atoms with van der Waals surface area (Å²) in [5.41, 5.74) is 0.579. The van der Waals surface area contributed by atoms with Gasteiger partial charge in [-0.05, 0) is 38.4 Å². The van der Waals surface area contributed by atoms with Gasteiger partial charge in [-0.1, -0.05) is 23.2 Å². The van der Waals surface area contributed by atoms with Crippen LogP contribution in [0.4, 0.5) is 5.69 Å². The topological polar surface area (TPSA) is 59.6 Å². The van der Waals surface area contributed by atoms with E-state index in [1.807, 2.05) is 0 Å². The largest absolute Gasteiger partial charge is 0.488 e. The fourth-order valence-corrected chi connectivity index (χ4v) is 3.21. The predicted octanol–water partition coefficient (Wildman–Crippen LogP) is 3.35. The first-order valence-electron chi connectivity index (χ1n) is 7.66. The van der Waals surface area contributed by atoms with E-state index in [4.69, 9.17) is 32.7 Å². The van der Waals surface area contributed by atoms with E-state index < -0.39 is 0 Å². The molecule has 0 aliphatic carbocycles. The van der Waals surface area contributed by atoms with Gasteiger partial charge in [0.05, 0.1) is 16.7 Å². The number of hydrogen-bond donors (Lipinski definition) is 2. The number of rotatable bonds is 6. The first kappa shape index (κ1) is 18.3. The lowest BCUT2D eigenvalue weighted by atomic mass is 9.92. The number of carbonyl (C=O) groups is 1. The molecule has 5 nitrogen and oxygen atoms in total. The molecular weight excluding hydrogens is 339 g/mol. The van der Waals surface area contributed by atoms with Crippen molar-refractivity contribution < 1.29 is 14.3 Å². The molecule has 2 N–H and O–H groups in total. The van der Waals surface area contributed by atoms with Gasteiger partial charge in [0.25, 0.3) is 0 Å². The lowest BCUT2D eigenvalue weighted by Gasteiger charge is -2.27. The number of piperidine rings is 1. The Labute approximate surface area is 146 Å². The fraction of sp³-hybridized carbons (Fsp3) is 0.562. The zero-order valence-electron chi connectivity index (χ0n) is 13.3. The van der Waals surface area contributed by atoms with Crippen LogP contribution in [0.15, 0.2) is 12.1 Å². The van der Waals surface area contributed by atoms with Crippen molar-refractivity contribution in [2.45, 2.75) is 25.8 Å². The summed E-state index contributed by atoms with van der Waals surface area (Å²) in [6, 6.07) is 3.65. The smallest absolute Gasteiger partial charge is 0.227 e. The SMILES string of the molecule is COCCOc1c(Cl)cc(NC(=O)[C@H]2CCN[C@@H](C)C2)cc1Cl. The van der Waals surface area contributed by atoms with Crippen molar-refractivity contribution >= 4 is 34.8 Å². The molecular formula is C16H22Cl2N2O3. The van der Waals surface area contributed by atoms with Gasteiger partial charge in [0, 0.05) is 24.8 Å².